The van der Waals surface area contributed by atoms with E-state index in [-0.39, 0.29) is 30.4 Å². The number of ether oxygens (including phenoxy) is 2. The lowest BCUT2D eigenvalue weighted by atomic mass is 10.0. The molecule has 1 aromatic heterocycles. The quantitative estimate of drug-likeness (QED) is 0.636. The van der Waals surface area contributed by atoms with Gasteiger partial charge in [-0.15, -0.1) is 11.3 Å². The Labute approximate surface area is 202 Å². The Morgan fingerprint density at radius 2 is 1.85 bits per heavy atom. The van der Waals surface area contributed by atoms with Gasteiger partial charge in [-0.05, 0) is 38.0 Å². The number of nitrogens with zero attached hydrogens (tertiary/aromatic N) is 2. The number of fused-ring (bicyclic) bond motifs is 1. The van der Waals surface area contributed by atoms with Crippen LogP contribution in [0.2, 0.25) is 0 Å². The summed E-state index contributed by atoms with van der Waals surface area (Å²) in [6.07, 6.45) is 1.11. The second-order valence-electron chi connectivity index (χ2n) is 9.34. The average molecular weight is 484 g/mol. The summed E-state index contributed by atoms with van der Waals surface area (Å²) in [7, 11) is 0. The number of piperidine rings is 1. The third-order valence-corrected chi connectivity index (χ3v) is 7.58. The van der Waals surface area contributed by atoms with E-state index in [9.17, 15) is 14.4 Å². The van der Waals surface area contributed by atoms with Crippen molar-refractivity contribution >= 4 is 29.1 Å². The summed E-state index contributed by atoms with van der Waals surface area (Å²) in [5, 5.41) is 4.18. The van der Waals surface area contributed by atoms with Crippen molar-refractivity contribution in [3.05, 3.63) is 51.2 Å². The van der Waals surface area contributed by atoms with E-state index in [4.69, 9.17) is 9.47 Å². The summed E-state index contributed by atoms with van der Waals surface area (Å²) < 4.78 is 11.8. The molecule has 0 bridgehead atoms. The lowest BCUT2D eigenvalue weighted by Crippen LogP contribution is -2.52. The lowest BCUT2D eigenvalue weighted by molar-refractivity contribution is -0.136. The summed E-state index contributed by atoms with van der Waals surface area (Å²) in [5.74, 6) is -0.0439. The predicted octanol–water partition coefficient (Wildman–Crippen LogP) is 2.70. The van der Waals surface area contributed by atoms with Crippen molar-refractivity contribution in [3.8, 4) is 5.75 Å². The minimum atomic E-state index is -0.596. The van der Waals surface area contributed by atoms with E-state index < -0.39 is 11.9 Å². The van der Waals surface area contributed by atoms with Gasteiger partial charge in [0, 0.05) is 48.4 Å². The monoisotopic (exact) mass is 483 g/mol. The molecule has 3 aliphatic rings. The van der Waals surface area contributed by atoms with Crippen molar-refractivity contribution in [3.63, 3.8) is 0 Å². The average Bonchev–Trinajstić information content (AvgIpc) is 3.33. The predicted molar refractivity (Wildman–Crippen MR) is 126 cm³/mol. The van der Waals surface area contributed by atoms with Crippen LogP contribution >= 0.6 is 11.3 Å². The summed E-state index contributed by atoms with van der Waals surface area (Å²) in [4.78, 5) is 41.5. The number of thiophene rings is 1. The first-order chi connectivity index (χ1) is 16.4. The van der Waals surface area contributed by atoms with E-state index in [0.717, 1.165) is 35.8 Å². The molecule has 0 saturated carbocycles. The number of carbonyl (C=O) groups excluding carboxylic acids is 3. The molecule has 5 rings (SSSR count). The minimum absolute atomic E-state index is 0.150. The molecule has 2 aromatic rings. The first kappa shape index (κ1) is 23.0. The molecular weight excluding hydrogens is 454 g/mol. The summed E-state index contributed by atoms with van der Waals surface area (Å²) >= 11 is 1.51. The standard InChI is InChI=1S/C25H29N3O5S/c1-15-9-27(10-16(2)33-15)11-17-3-5-18(6-4-17)32-13-22-19-12-28(25(31)20(19)14-34-22)21-7-8-23(29)26-24(21)30/h3-6,14-16,21H,7-13H2,1-2H3,(H,26,29,30)/t15?,16?,21-/m0/s1. The maximum atomic E-state index is 12.9. The largest absolute Gasteiger partial charge is 0.488 e. The highest BCUT2D eigenvalue weighted by atomic mass is 32.1. The Hall–Kier alpha value is -2.75. The fourth-order valence-electron chi connectivity index (χ4n) is 5.04. The second-order valence-corrected chi connectivity index (χ2v) is 10.3. The molecular formula is C25H29N3O5S. The highest BCUT2D eigenvalue weighted by molar-refractivity contribution is 7.10. The van der Waals surface area contributed by atoms with Crippen LogP contribution in [-0.2, 0) is 34.0 Å². The van der Waals surface area contributed by atoms with Gasteiger partial charge < -0.3 is 14.4 Å². The summed E-state index contributed by atoms with van der Waals surface area (Å²) in [5.41, 5.74) is 2.79. The first-order valence-corrected chi connectivity index (χ1v) is 12.6. The molecule has 3 amide bonds. The van der Waals surface area contributed by atoms with Crippen molar-refractivity contribution in [2.24, 2.45) is 0 Å². The highest BCUT2D eigenvalue weighted by Gasteiger charge is 2.40. The molecule has 2 fully saturated rings. The third-order valence-electron chi connectivity index (χ3n) is 6.58. The number of nitrogens with one attached hydrogen (secondary N) is 1. The Bertz CT molecular complexity index is 1090. The highest BCUT2D eigenvalue weighted by Crippen LogP contribution is 2.34. The molecule has 0 aliphatic carbocycles. The number of morpholine rings is 1. The summed E-state index contributed by atoms with van der Waals surface area (Å²) in [6.45, 7) is 7.71. The maximum Gasteiger partial charge on any atom is 0.256 e. The van der Waals surface area contributed by atoms with Crippen LogP contribution in [0.3, 0.4) is 0 Å². The van der Waals surface area contributed by atoms with E-state index >= 15 is 0 Å². The zero-order valence-electron chi connectivity index (χ0n) is 19.4. The number of amides is 3. The third kappa shape index (κ3) is 4.73. The van der Waals surface area contributed by atoms with Crippen molar-refractivity contribution in [2.75, 3.05) is 13.1 Å². The Kier molecular flexibility index (Phi) is 6.42. The zero-order chi connectivity index (χ0) is 23.8. The molecule has 34 heavy (non-hydrogen) atoms. The Balaban J connectivity index is 1.18. The van der Waals surface area contributed by atoms with E-state index in [1.165, 1.54) is 16.9 Å². The molecule has 3 aliphatic heterocycles. The molecule has 2 unspecified atom stereocenters. The van der Waals surface area contributed by atoms with Crippen molar-refractivity contribution in [1.29, 1.82) is 0 Å². The Morgan fingerprint density at radius 3 is 2.56 bits per heavy atom. The van der Waals surface area contributed by atoms with Gasteiger partial charge in [0.2, 0.25) is 11.8 Å². The van der Waals surface area contributed by atoms with Crippen molar-refractivity contribution in [2.45, 2.75) is 64.6 Å². The molecule has 3 atom stereocenters. The van der Waals surface area contributed by atoms with Gasteiger partial charge in [-0.25, -0.2) is 0 Å². The van der Waals surface area contributed by atoms with Crippen LogP contribution in [0, 0.1) is 0 Å². The normalized spacial score (nSPS) is 25.4. The van der Waals surface area contributed by atoms with E-state index in [1.807, 2.05) is 17.5 Å². The molecule has 4 heterocycles. The van der Waals surface area contributed by atoms with Crippen LogP contribution < -0.4 is 10.1 Å². The van der Waals surface area contributed by atoms with Crippen LogP contribution in [0.15, 0.2) is 29.6 Å². The number of imide groups is 1. The second kappa shape index (κ2) is 9.48. The van der Waals surface area contributed by atoms with Crippen LogP contribution in [0.1, 0.15) is 53.1 Å². The smallest absolute Gasteiger partial charge is 0.256 e. The molecule has 0 radical (unpaired) electrons. The molecule has 9 heteroatoms. The number of hydrogen-bond acceptors (Lipinski definition) is 7. The fourth-order valence-corrected chi connectivity index (χ4v) is 5.98. The first-order valence-electron chi connectivity index (χ1n) is 11.7. The molecule has 0 spiro atoms. The van der Waals surface area contributed by atoms with E-state index in [0.29, 0.717) is 25.1 Å². The van der Waals surface area contributed by atoms with Gasteiger partial charge >= 0.3 is 0 Å². The van der Waals surface area contributed by atoms with Gasteiger partial charge in [0.1, 0.15) is 18.4 Å². The molecule has 1 aromatic carbocycles. The molecule has 2 saturated heterocycles. The summed E-state index contributed by atoms with van der Waals surface area (Å²) in [6, 6.07) is 7.55. The van der Waals surface area contributed by atoms with Gasteiger partial charge in [0.05, 0.1) is 17.8 Å². The zero-order valence-corrected chi connectivity index (χ0v) is 20.2. The van der Waals surface area contributed by atoms with Crippen LogP contribution in [-0.4, -0.2) is 58.9 Å². The van der Waals surface area contributed by atoms with Crippen LogP contribution in [0.25, 0.3) is 0 Å². The number of rotatable bonds is 6. The van der Waals surface area contributed by atoms with E-state index in [2.05, 4.69) is 36.2 Å². The lowest BCUT2D eigenvalue weighted by Gasteiger charge is -2.35. The SMILES string of the molecule is CC1CN(Cc2ccc(OCc3scc4c3CN([C@H]3CCC(=O)NC3=O)C4=O)cc2)CC(C)O1. The van der Waals surface area contributed by atoms with Gasteiger partial charge in [-0.3, -0.25) is 24.6 Å². The van der Waals surface area contributed by atoms with Gasteiger partial charge in [-0.2, -0.15) is 0 Å². The maximum absolute atomic E-state index is 12.9. The van der Waals surface area contributed by atoms with Crippen molar-refractivity contribution in [1.82, 2.24) is 15.1 Å². The van der Waals surface area contributed by atoms with Gasteiger partial charge in [0.25, 0.3) is 5.91 Å². The number of benzene rings is 1. The molecule has 8 nitrogen and oxygen atoms in total. The topological polar surface area (TPSA) is 88.2 Å². The van der Waals surface area contributed by atoms with Crippen LogP contribution in [0.4, 0.5) is 0 Å². The number of carbonyl (C=O) groups is 3. The molecule has 1 N–H and O–H groups in total. The van der Waals surface area contributed by atoms with Crippen molar-refractivity contribution < 1.29 is 23.9 Å². The fraction of sp³-hybridized carbons (Fsp3) is 0.480. The number of hydrogen-bond donors (Lipinski definition) is 1. The van der Waals surface area contributed by atoms with Crippen LogP contribution in [0.5, 0.6) is 5.75 Å². The van der Waals surface area contributed by atoms with Gasteiger partial charge in [0.15, 0.2) is 0 Å². The Morgan fingerprint density at radius 1 is 1.12 bits per heavy atom. The minimum Gasteiger partial charge on any atom is -0.488 e. The van der Waals surface area contributed by atoms with E-state index in [1.54, 1.807) is 4.90 Å². The molecule has 180 valence electrons. The van der Waals surface area contributed by atoms with Gasteiger partial charge in [-0.1, -0.05) is 12.1 Å².